The van der Waals surface area contributed by atoms with Crippen molar-refractivity contribution >= 4 is 34.1 Å². The first-order valence-electron chi connectivity index (χ1n) is 10.6. The number of benzene rings is 2. The van der Waals surface area contributed by atoms with Crippen molar-refractivity contribution in [3.63, 3.8) is 0 Å². The largest absolute Gasteiger partial charge is 0.326 e. The second kappa shape index (κ2) is 7.99. The quantitative estimate of drug-likeness (QED) is 0.516. The maximum atomic E-state index is 13.8. The molecule has 5 rings (SSSR count). The molecule has 1 N–H and O–H groups in total. The van der Waals surface area contributed by atoms with Gasteiger partial charge in [-0.25, -0.2) is 4.39 Å². The van der Waals surface area contributed by atoms with Gasteiger partial charge in [0, 0.05) is 28.7 Å². The SMILES string of the molecule is O=C(C[C@H]1C[C@@H]2C[C@H](c3ccnc4ccc(F)cc34)C[C@@H]2C1)Nc1ccc(Cl)cc1. The van der Waals surface area contributed by atoms with Crippen LogP contribution in [0.15, 0.2) is 54.7 Å². The fourth-order valence-electron chi connectivity index (χ4n) is 5.67. The molecule has 5 heteroatoms. The molecule has 0 saturated heterocycles. The van der Waals surface area contributed by atoms with E-state index in [0.29, 0.717) is 35.1 Å². The molecular formula is C25H24ClFN2O. The third kappa shape index (κ3) is 3.93. The lowest BCUT2D eigenvalue weighted by atomic mass is 9.89. The Morgan fingerprint density at radius 1 is 1.03 bits per heavy atom. The number of nitrogens with one attached hydrogen (secondary N) is 1. The molecule has 0 radical (unpaired) electrons. The molecule has 0 aliphatic heterocycles. The van der Waals surface area contributed by atoms with Gasteiger partial charge in [0.05, 0.1) is 5.52 Å². The van der Waals surface area contributed by atoms with Crippen molar-refractivity contribution in [1.82, 2.24) is 4.98 Å². The van der Waals surface area contributed by atoms with E-state index in [-0.39, 0.29) is 11.7 Å². The zero-order valence-electron chi connectivity index (χ0n) is 16.7. The highest BCUT2D eigenvalue weighted by Gasteiger charge is 2.42. The van der Waals surface area contributed by atoms with E-state index < -0.39 is 0 Å². The fourth-order valence-corrected chi connectivity index (χ4v) is 5.79. The van der Waals surface area contributed by atoms with Crippen LogP contribution < -0.4 is 5.32 Å². The number of aromatic nitrogens is 1. The van der Waals surface area contributed by atoms with Crippen LogP contribution in [0, 0.1) is 23.6 Å². The van der Waals surface area contributed by atoms with Gasteiger partial charge >= 0.3 is 0 Å². The Balaban J connectivity index is 1.21. The van der Waals surface area contributed by atoms with E-state index in [2.05, 4.69) is 16.4 Å². The van der Waals surface area contributed by atoms with E-state index >= 15 is 0 Å². The molecule has 0 unspecified atom stereocenters. The molecule has 4 atom stereocenters. The summed E-state index contributed by atoms with van der Waals surface area (Å²) in [5.74, 6) is 2.08. The van der Waals surface area contributed by atoms with E-state index in [1.165, 1.54) is 11.6 Å². The summed E-state index contributed by atoms with van der Waals surface area (Å²) in [6, 6.07) is 14.1. The van der Waals surface area contributed by atoms with Crippen LogP contribution in [0.25, 0.3) is 10.9 Å². The number of hydrogen-bond acceptors (Lipinski definition) is 2. The van der Waals surface area contributed by atoms with Crippen molar-refractivity contribution in [1.29, 1.82) is 0 Å². The lowest BCUT2D eigenvalue weighted by molar-refractivity contribution is -0.117. The van der Waals surface area contributed by atoms with Gasteiger partial charge in [-0.05, 0) is 103 Å². The molecule has 1 aromatic heterocycles. The summed E-state index contributed by atoms with van der Waals surface area (Å²) in [6.07, 6.45) is 6.86. The second-order valence-electron chi connectivity index (χ2n) is 8.85. The predicted octanol–water partition coefficient (Wildman–Crippen LogP) is 6.58. The standard InChI is InChI=1S/C25H24ClFN2O/c26-19-1-4-21(5-2-19)29-25(30)11-15-9-16-12-18(13-17(16)10-15)22-7-8-28-24-6-3-20(27)14-23(22)24/h1-8,14-18H,9-13H2,(H,29,30)/t15-,16+,17-,18-. The molecule has 3 aromatic rings. The van der Waals surface area contributed by atoms with Crippen LogP contribution >= 0.6 is 11.6 Å². The molecule has 2 aromatic carbocycles. The monoisotopic (exact) mass is 422 g/mol. The van der Waals surface area contributed by atoms with Gasteiger partial charge < -0.3 is 5.32 Å². The number of carbonyl (C=O) groups excluding carboxylic acids is 1. The molecule has 0 spiro atoms. The van der Waals surface area contributed by atoms with Crippen molar-refractivity contribution < 1.29 is 9.18 Å². The van der Waals surface area contributed by atoms with Crippen LogP contribution in [-0.2, 0) is 4.79 Å². The van der Waals surface area contributed by atoms with Crippen molar-refractivity contribution in [2.45, 2.75) is 38.0 Å². The van der Waals surface area contributed by atoms with Crippen LogP contribution in [0.1, 0.15) is 43.6 Å². The van der Waals surface area contributed by atoms with Gasteiger partial charge in [0.1, 0.15) is 5.82 Å². The normalized spacial score (nSPS) is 25.4. The van der Waals surface area contributed by atoms with Crippen LogP contribution in [0.3, 0.4) is 0 Å². The summed E-state index contributed by atoms with van der Waals surface area (Å²) >= 11 is 5.90. The summed E-state index contributed by atoms with van der Waals surface area (Å²) in [5.41, 5.74) is 2.88. The molecule has 2 saturated carbocycles. The Morgan fingerprint density at radius 2 is 1.77 bits per heavy atom. The molecule has 0 bridgehead atoms. The van der Waals surface area contributed by atoms with E-state index in [1.807, 2.05) is 18.3 Å². The number of nitrogens with zero attached hydrogens (tertiary/aromatic N) is 1. The number of carbonyl (C=O) groups is 1. The van der Waals surface area contributed by atoms with Gasteiger partial charge in [-0.3, -0.25) is 9.78 Å². The number of fused-ring (bicyclic) bond motifs is 2. The van der Waals surface area contributed by atoms with Crippen LogP contribution in [0.5, 0.6) is 0 Å². The lowest BCUT2D eigenvalue weighted by Crippen LogP contribution is -2.15. The first-order valence-corrected chi connectivity index (χ1v) is 11.0. The van der Waals surface area contributed by atoms with Crippen LogP contribution in [0.4, 0.5) is 10.1 Å². The predicted molar refractivity (Wildman–Crippen MR) is 118 cm³/mol. The Morgan fingerprint density at radius 3 is 2.50 bits per heavy atom. The number of hydrogen-bond donors (Lipinski definition) is 1. The van der Waals surface area contributed by atoms with E-state index in [4.69, 9.17) is 11.6 Å². The van der Waals surface area contributed by atoms with E-state index in [9.17, 15) is 9.18 Å². The third-order valence-corrected chi connectivity index (χ3v) is 7.14. The lowest BCUT2D eigenvalue weighted by Gasteiger charge is -2.17. The number of pyridine rings is 1. The smallest absolute Gasteiger partial charge is 0.224 e. The van der Waals surface area contributed by atoms with Crippen molar-refractivity contribution in [3.8, 4) is 0 Å². The van der Waals surface area contributed by atoms with Crippen LogP contribution in [-0.4, -0.2) is 10.9 Å². The Bertz CT molecular complexity index is 1070. The minimum Gasteiger partial charge on any atom is -0.326 e. The number of halogens is 2. The van der Waals surface area contributed by atoms with Gasteiger partial charge in [-0.1, -0.05) is 11.6 Å². The molecular weight excluding hydrogens is 399 g/mol. The molecule has 30 heavy (non-hydrogen) atoms. The third-order valence-electron chi connectivity index (χ3n) is 6.89. The molecule has 1 amide bonds. The maximum Gasteiger partial charge on any atom is 0.224 e. The summed E-state index contributed by atoms with van der Waals surface area (Å²) in [7, 11) is 0. The first-order chi connectivity index (χ1) is 14.5. The molecule has 2 fully saturated rings. The first kappa shape index (κ1) is 19.5. The summed E-state index contributed by atoms with van der Waals surface area (Å²) < 4.78 is 13.8. The van der Waals surface area contributed by atoms with Gasteiger partial charge in [-0.15, -0.1) is 0 Å². The Kier molecular flexibility index (Phi) is 5.20. The zero-order chi connectivity index (χ0) is 20.7. The maximum absolute atomic E-state index is 13.8. The highest BCUT2D eigenvalue weighted by atomic mass is 35.5. The topological polar surface area (TPSA) is 42.0 Å². The Labute approximate surface area is 180 Å². The van der Waals surface area contributed by atoms with Gasteiger partial charge in [-0.2, -0.15) is 0 Å². The second-order valence-corrected chi connectivity index (χ2v) is 9.28. The van der Waals surface area contributed by atoms with Crippen LogP contribution in [0.2, 0.25) is 5.02 Å². The zero-order valence-corrected chi connectivity index (χ0v) is 17.4. The average molecular weight is 423 g/mol. The van der Waals surface area contributed by atoms with Crippen molar-refractivity contribution in [2.75, 3.05) is 5.32 Å². The minimum atomic E-state index is -0.207. The minimum absolute atomic E-state index is 0.0782. The number of rotatable bonds is 4. The fraction of sp³-hybridized carbons (Fsp3) is 0.360. The molecule has 1 heterocycles. The van der Waals surface area contributed by atoms with Gasteiger partial charge in [0.15, 0.2) is 0 Å². The van der Waals surface area contributed by atoms with Crippen molar-refractivity contribution in [3.05, 3.63) is 71.1 Å². The summed E-state index contributed by atoms with van der Waals surface area (Å²) in [6.45, 7) is 0. The highest BCUT2D eigenvalue weighted by molar-refractivity contribution is 6.30. The van der Waals surface area contributed by atoms with Gasteiger partial charge in [0.25, 0.3) is 0 Å². The number of amides is 1. The summed E-state index contributed by atoms with van der Waals surface area (Å²) in [5, 5.41) is 4.59. The Hall–Kier alpha value is -2.46. The summed E-state index contributed by atoms with van der Waals surface area (Å²) in [4.78, 5) is 16.8. The molecule has 154 valence electrons. The average Bonchev–Trinajstić information content (AvgIpc) is 3.27. The van der Waals surface area contributed by atoms with Gasteiger partial charge in [0.2, 0.25) is 5.91 Å². The number of anilines is 1. The molecule has 2 aliphatic carbocycles. The van der Waals surface area contributed by atoms with Crippen molar-refractivity contribution in [2.24, 2.45) is 17.8 Å². The van der Waals surface area contributed by atoms with E-state index in [1.54, 1.807) is 24.3 Å². The highest BCUT2D eigenvalue weighted by Crippen LogP contribution is 2.53. The van der Waals surface area contributed by atoms with E-state index in [0.717, 1.165) is 42.3 Å². The molecule has 3 nitrogen and oxygen atoms in total. The molecule has 2 aliphatic rings.